The number of amides is 1. The van der Waals surface area contributed by atoms with E-state index < -0.39 is 16.5 Å². The van der Waals surface area contributed by atoms with E-state index in [4.69, 9.17) is 5.73 Å². The van der Waals surface area contributed by atoms with Crippen molar-refractivity contribution in [1.82, 2.24) is 4.98 Å². The van der Waals surface area contributed by atoms with Gasteiger partial charge in [0.1, 0.15) is 11.3 Å². The van der Waals surface area contributed by atoms with Crippen molar-refractivity contribution >= 4 is 23.1 Å². The van der Waals surface area contributed by atoms with Gasteiger partial charge in [0.15, 0.2) is 0 Å². The first-order valence-electron chi connectivity index (χ1n) is 5.90. The third-order valence-electron chi connectivity index (χ3n) is 2.78. The first kappa shape index (κ1) is 14.3. The van der Waals surface area contributed by atoms with Crippen LogP contribution < -0.4 is 11.1 Å². The molecule has 4 N–H and O–H groups in total. The van der Waals surface area contributed by atoms with E-state index in [1.54, 1.807) is 13.0 Å². The van der Waals surface area contributed by atoms with E-state index in [2.05, 4.69) is 10.3 Å². The Kier molecular flexibility index (Phi) is 3.70. The van der Waals surface area contributed by atoms with Crippen LogP contribution in [0.4, 0.5) is 17.2 Å². The van der Waals surface area contributed by atoms with Gasteiger partial charge in [-0.2, -0.15) is 0 Å². The second kappa shape index (κ2) is 5.45. The maximum Gasteiger partial charge on any atom is 0.323 e. The molecule has 1 aromatic carbocycles. The van der Waals surface area contributed by atoms with Crippen LogP contribution in [0.15, 0.2) is 30.5 Å². The first-order valence-corrected chi connectivity index (χ1v) is 5.90. The first-order chi connectivity index (χ1) is 9.90. The predicted octanol–water partition coefficient (Wildman–Crippen LogP) is 1.84. The van der Waals surface area contributed by atoms with Gasteiger partial charge >= 0.3 is 5.69 Å². The summed E-state index contributed by atoms with van der Waals surface area (Å²) in [7, 11) is 0. The predicted molar refractivity (Wildman–Crippen MR) is 76.1 cm³/mol. The summed E-state index contributed by atoms with van der Waals surface area (Å²) in [6.07, 6.45) is 1.20. The molecule has 1 amide bonds. The van der Waals surface area contributed by atoms with Gasteiger partial charge in [0.2, 0.25) is 5.82 Å². The molecule has 0 bridgehead atoms. The molecule has 0 aliphatic rings. The number of hydrogen-bond donors (Lipinski definition) is 3. The molecule has 8 nitrogen and oxygen atoms in total. The molecule has 0 radical (unpaired) electrons. The lowest BCUT2D eigenvalue weighted by molar-refractivity contribution is -0.384. The van der Waals surface area contributed by atoms with Gasteiger partial charge in [-0.1, -0.05) is 6.07 Å². The van der Waals surface area contributed by atoms with Crippen LogP contribution in [0.5, 0.6) is 5.75 Å². The number of aryl methyl sites for hydroxylation is 1. The number of nitrogen functional groups attached to an aromatic ring is 1. The molecular weight excluding hydrogens is 276 g/mol. The Labute approximate surface area is 119 Å². The second-order valence-electron chi connectivity index (χ2n) is 4.32. The summed E-state index contributed by atoms with van der Waals surface area (Å²) in [5, 5.41) is 23.1. The molecular formula is C13H12N4O4. The van der Waals surface area contributed by atoms with E-state index in [1.165, 1.54) is 24.4 Å². The number of pyridine rings is 1. The molecule has 1 heterocycles. The number of nitrogens with one attached hydrogen (secondary N) is 1. The molecule has 0 aliphatic heterocycles. The Balaban J connectivity index is 2.37. The van der Waals surface area contributed by atoms with Crippen molar-refractivity contribution in [2.24, 2.45) is 0 Å². The highest BCUT2D eigenvalue weighted by Crippen LogP contribution is 2.27. The Bertz CT molecular complexity index is 730. The van der Waals surface area contributed by atoms with Crippen molar-refractivity contribution in [1.29, 1.82) is 0 Å². The number of nitrogens with two attached hydrogens (primary N) is 1. The number of benzene rings is 1. The van der Waals surface area contributed by atoms with Crippen LogP contribution in [0, 0.1) is 17.0 Å². The fourth-order valence-corrected chi connectivity index (χ4v) is 1.78. The number of phenols is 1. The van der Waals surface area contributed by atoms with Crippen molar-refractivity contribution in [2.75, 3.05) is 11.1 Å². The molecule has 0 saturated carbocycles. The SMILES string of the molecule is Cc1ccc(NC(=O)c2ccnc(N)c2[N+](=O)[O-])c(O)c1. The fourth-order valence-electron chi connectivity index (χ4n) is 1.78. The monoisotopic (exact) mass is 288 g/mol. The van der Waals surface area contributed by atoms with Crippen molar-refractivity contribution in [3.8, 4) is 5.75 Å². The highest BCUT2D eigenvalue weighted by molar-refractivity contribution is 6.08. The van der Waals surface area contributed by atoms with E-state index in [1.807, 2.05) is 0 Å². The zero-order valence-corrected chi connectivity index (χ0v) is 11.0. The van der Waals surface area contributed by atoms with E-state index >= 15 is 0 Å². The number of rotatable bonds is 3. The smallest absolute Gasteiger partial charge is 0.323 e. The number of aromatic nitrogens is 1. The summed E-state index contributed by atoms with van der Waals surface area (Å²) in [6, 6.07) is 5.84. The number of phenolic OH excluding ortho intramolecular Hbond substituents is 1. The summed E-state index contributed by atoms with van der Waals surface area (Å²) >= 11 is 0. The fraction of sp³-hybridized carbons (Fsp3) is 0.0769. The van der Waals surface area contributed by atoms with Gasteiger partial charge in [-0.25, -0.2) is 4.98 Å². The topological polar surface area (TPSA) is 131 Å². The maximum atomic E-state index is 12.1. The number of anilines is 2. The zero-order valence-electron chi connectivity index (χ0n) is 11.0. The third kappa shape index (κ3) is 2.89. The van der Waals surface area contributed by atoms with Gasteiger partial charge in [0.05, 0.1) is 10.6 Å². The van der Waals surface area contributed by atoms with Crippen molar-refractivity contribution in [3.05, 3.63) is 51.7 Å². The van der Waals surface area contributed by atoms with E-state index in [-0.39, 0.29) is 22.8 Å². The van der Waals surface area contributed by atoms with Gasteiger partial charge in [-0.15, -0.1) is 0 Å². The molecule has 21 heavy (non-hydrogen) atoms. The van der Waals surface area contributed by atoms with Crippen molar-refractivity contribution in [2.45, 2.75) is 6.92 Å². The average Bonchev–Trinajstić information content (AvgIpc) is 2.41. The molecule has 0 spiro atoms. The number of carbonyl (C=O) groups excluding carboxylic acids is 1. The quantitative estimate of drug-likeness (QED) is 0.448. The van der Waals surface area contributed by atoms with E-state index in [0.29, 0.717) is 0 Å². The van der Waals surface area contributed by atoms with Crippen LogP contribution in [-0.4, -0.2) is 20.9 Å². The highest BCUT2D eigenvalue weighted by atomic mass is 16.6. The maximum absolute atomic E-state index is 12.1. The Hall–Kier alpha value is -3.16. The molecule has 108 valence electrons. The molecule has 0 unspecified atom stereocenters. The summed E-state index contributed by atoms with van der Waals surface area (Å²) in [5.41, 5.74) is 5.58. The minimum atomic E-state index is -0.772. The second-order valence-corrected chi connectivity index (χ2v) is 4.32. The minimum Gasteiger partial charge on any atom is -0.506 e. The molecule has 8 heteroatoms. The van der Waals surface area contributed by atoms with Crippen LogP contribution in [-0.2, 0) is 0 Å². The number of carbonyl (C=O) groups is 1. The number of nitrogens with zero attached hydrogens (tertiary/aromatic N) is 2. The van der Waals surface area contributed by atoms with Crippen LogP contribution in [0.2, 0.25) is 0 Å². The van der Waals surface area contributed by atoms with Crippen molar-refractivity contribution < 1.29 is 14.8 Å². The molecule has 0 aliphatic carbocycles. The molecule has 2 rings (SSSR count). The summed E-state index contributed by atoms with van der Waals surface area (Å²) < 4.78 is 0. The van der Waals surface area contributed by atoms with Crippen LogP contribution in [0.25, 0.3) is 0 Å². The Morgan fingerprint density at radius 3 is 2.76 bits per heavy atom. The normalized spacial score (nSPS) is 10.1. The average molecular weight is 288 g/mol. The summed E-state index contributed by atoms with van der Waals surface area (Å²) in [6.45, 7) is 1.78. The lowest BCUT2D eigenvalue weighted by Gasteiger charge is -2.08. The lowest BCUT2D eigenvalue weighted by Crippen LogP contribution is -2.15. The molecule has 0 atom stereocenters. The Morgan fingerprint density at radius 1 is 1.43 bits per heavy atom. The summed E-state index contributed by atoms with van der Waals surface area (Å²) in [4.78, 5) is 25.9. The molecule has 0 saturated heterocycles. The molecule has 1 aromatic heterocycles. The highest BCUT2D eigenvalue weighted by Gasteiger charge is 2.24. The Morgan fingerprint density at radius 2 is 2.14 bits per heavy atom. The lowest BCUT2D eigenvalue weighted by atomic mass is 10.1. The van der Waals surface area contributed by atoms with Crippen LogP contribution in [0.1, 0.15) is 15.9 Å². The largest absolute Gasteiger partial charge is 0.506 e. The van der Waals surface area contributed by atoms with Gasteiger partial charge in [0, 0.05) is 6.20 Å². The number of hydrogen-bond acceptors (Lipinski definition) is 6. The van der Waals surface area contributed by atoms with Gasteiger partial charge < -0.3 is 16.2 Å². The number of aromatic hydroxyl groups is 1. The van der Waals surface area contributed by atoms with Crippen molar-refractivity contribution in [3.63, 3.8) is 0 Å². The standard InChI is InChI=1S/C13H12N4O4/c1-7-2-3-9(10(18)6-7)16-13(19)8-4-5-15-12(14)11(8)17(20)21/h2-6,18H,1H3,(H2,14,15)(H,16,19). The summed E-state index contributed by atoms with van der Waals surface area (Å²) in [5.74, 6) is -1.23. The van der Waals surface area contributed by atoms with Crippen LogP contribution >= 0.6 is 0 Å². The third-order valence-corrected chi connectivity index (χ3v) is 2.78. The van der Waals surface area contributed by atoms with E-state index in [0.717, 1.165) is 5.56 Å². The molecule has 0 fully saturated rings. The minimum absolute atomic E-state index is 0.131. The van der Waals surface area contributed by atoms with Gasteiger partial charge in [-0.05, 0) is 30.7 Å². The van der Waals surface area contributed by atoms with Gasteiger partial charge in [-0.3, -0.25) is 14.9 Å². The number of nitro groups is 1. The zero-order chi connectivity index (χ0) is 15.6. The van der Waals surface area contributed by atoms with Gasteiger partial charge in [0.25, 0.3) is 5.91 Å². The van der Waals surface area contributed by atoms with E-state index in [9.17, 15) is 20.0 Å². The van der Waals surface area contributed by atoms with Crippen LogP contribution in [0.3, 0.4) is 0 Å². The molecule has 2 aromatic rings.